The van der Waals surface area contributed by atoms with E-state index in [0.717, 1.165) is 18.4 Å². The van der Waals surface area contributed by atoms with Gasteiger partial charge in [-0.1, -0.05) is 60.4 Å². The summed E-state index contributed by atoms with van der Waals surface area (Å²) in [6.45, 7) is 5.62. The van der Waals surface area contributed by atoms with Gasteiger partial charge in [-0.05, 0) is 29.9 Å². The fraction of sp³-hybridized carbons (Fsp3) is 0.423. The molecule has 0 spiro atoms. The van der Waals surface area contributed by atoms with Crippen LogP contribution in [-0.2, 0) is 9.53 Å². The van der Waals surface area contributed by atoms with Crippen LogP contribution in [0.15, 0.2) is 54.1 Å². The van der Waals surface area contributed by atoms with Gasteiger partial charge < -0.3 is 10.1 Å². The van der Waals surface area contributed by atoms with Gasteiger partial charge >= 0.3 is 5.97 Å². The SMILES string of the molecule is C=C1C(c2ccccc2)C1[C@@H]1C(C(C#N)(C#N)CC#CCOC(C)=O)=C[C@H]2CC[C@@H]1N2. The molecule has 1 aliphatic carbocycles. The quantitative estimate of drug-likeness (QED) is 0.454. The van der Waals surface area contributed by atoms with E-state index >= 15 is 0 Å². The molecule has 1 saturated heterocycles. The number of nitriles is 2. The topological polar surface area (TPSA) is 85.9 Å². The van der Waals surface area contributed by atoms with E-state index in [-0.39, 0.29) is 42.9 Å². The van der Waals surface area contributed by atoms with Crippen LogP contribution in [0.4, 0.5) is 0 Å². The zero-order valence-electron chi connectivity index (χ0n) is 17.6. The van der Waals surface area contributed by atoms with Crippen LogP contribution in [0, 0.1) is 51.8 Å². The number of benzene rings is 1. The third-order valence-corrected chi connectivity index (χ3v) is 6.71. The second-order valence-electron chi connectivity index (χ2n) is 8.53. The number of nitrogens with zero attached hydrogens (tertiary/aromatic N) is 2. The third kappa shape index (κ3) is 3.88. The molecule has 1 N–H and O–H groups in total. The van der Waals surface area contributed by atoms with Gasteiger partial charge in [-0.3, -0.25) is 4.79 Å². The molecule has 1 aromatic rings. The summed E-state index contributed by atoms with van der Waals surface area (Å²) in [6.07, 6.45) is 4.22. The molecule has 5 heteroatoms. The average molecular weight is 412 g/mol. The molecular weight excluding hydrogens is 386 g/mol. The van der Waals surface area contributed by atoms with Crippen LogP contribution in [0.2, 0.25) is 0 Å². The van der Waals surface area contributed by atoms with Crippen LogP contribution in [-0.4, -0.2) is 24.7 Å². The van der Waals surface area contributed by atoms with Gasteiger partial charge in [-0.15, -0.1) is 0 Å². The highest BCUT2D eigenvalue weighted by atomic mass is 16.5. The molecular formula is C26H25N3O2. The molecule has 2 unspecified atom stereocenters. The molecule has 5 nitrogen and oxygen atoms in total. The van der Waals surface area contributed by atoms with Crippen LogP contribution in [0.3, 0.4) is 0 Å². The van der Waals surface area contributed by atoms with Crippen molar-refractivity contribution in [2.24, 2.45) is 17.3 Å². The Hall–Kier alpha value is -3.33. The predicted octanol–water partition coefficient (Wildman–Crippen LogP) is 3.62. The Balaban J connectivity index is 1.64. The Kier molecular flexibility index (Phi) is 5.69. The molecule has 4 rings (SSSR count). The van der Waals surface area contributed by atoms with E-state index in [1.54, 1.807) is 0 Å². The van der Waals surface area contributed by atoms with Crippen LogP contribution in [0.25, 0.3) is 0 Å². The number of carbonyl (C=O) groups excluding carboxylic acids is 1. The molecule has 2 bridgehead atoms. The maximum atomic E-state index is 10.9. The van der Waals surface area contributed by atoms with Gasteiger partial charge in [-0.25, -0.2) is 0 Å². The Morgan fingerprint density at radius 2 is 1.94 bits per heavy atom. The first-order valence-electron chi connectivity index (χ1n) is 10.6. The van der Waals surface area contributed by atoms with Crippen molar-refractivity contribution in [3.63, 3.8) is 0 Å². The zero-order chi connectivity index (χ0) is 22.0. The van der Waals surface area contributed by atoms with Crippen molar-refractivity contribution >= 4 is 5.97 Å². The summed E-state index contributed by atoms with van der Waals surface area (Å²) in [5.41, 5.74) is 1.97. The molecule has 3 aliphatic rings. The number of esters is 1. The van der Waals surface area contributed by atoms with Gasteiger partial charge in [0.25, 0.3) is 0 Å². The summed E-state index contributed by atoms with van der Waals surface area (Å²) in [5, 5.41) is 23.9. The fourth-order valence-electron chi connectivity index (χ4n) is 5.21. The number of rotatable bonds is 5. The normalized spacial score (nSPS) is 28.4. The number of hydrogen-bond donors (Lipinski definition) is 1. The number of fused-ring (bicyclic) bond motifs is 2. The zero-order valence-corrected chi connectivity index (χ0v) is 17.6. The summed E-state index contributed by atoms with van der Waals surface area (Å²) in [4.78, 5) is 10.9. The van der Waals surface area contributed by atoms with Crippen molar-refractivity contribution in [2.45, 2.75) is 44.2 Å². The Morgan fingerprint density at radius 3 is 2.61 bits per heavy atom. The van der Waals surface area contributed by atoms with Crippen LogP contribution in [0.1, 0.15) is 37.7 Å². The molecule has 1 aromatic carbocycles. The van der Waals surface area contributed by atoms with E-state index in [2.05, 4.69) is 54.1 Å². The van der Waals surface area contributed by atoms with Gasteiger partial charge in [0.15, 0.2) is 12.0 Å². The number of allylic oxidation sites excluding steroid dienone is 1. The van der Waals surface area contributed by atoms with Gasteiger partial charge in [0.2, 0.25) is 0 Å². The van der Waals surface area contributed by atoms with Crippen LogP contribution in [0.5, 0.6) is 0 Å². The van der Waals surface area contributed by atoms with Crippen molar-refractivity contribution in [2.75, 3.05) is 6.61 Å². The minimum Gasteiger partial charge on any atom is -0.453 e. The molecule has 156 valence electrons. The van der Waals surface area contributed by atoms with Crippen molar-refractivity contribution in [1.82, 2.24) is 5.32 Å². The molecule has 0 amide bonds. The molecule has 5 atom stereocenters. The van der Waals surface area contributed by atoms with Crippen molar-refractivity contribution in [3.05, 3.63) is 59.7 Å². The fourth-order valence-corrected chi connectivity index (χ4v) is 5.21. The highest BCUT2D eigenvalue weighted by Gasteiger charge is 2.57. The predicted molar refractivity (Wildman–Crippen MR) is 116 cm³/mol. The number of ether oxygens (including phenoxy) is 1. The van der Waals surface area contributed by atoms with Crippen molar-refractivity contribution in [3.8, 4) is 24.0 Å². The summed E-state index contributed by atoms with van der Waals surface area (Å²) in [7, 11) is 0. The first kappa shape index (κ1) is 20.9. The summed E-state index contributed by atoms with van der Waals surface area (Å²) in [5.74, 6) is 5.77. The lowest BCUT2D eigenvalue weighted by Crippen LogP contribution is -2.44. The van der Waals surface area contributed by atoms with Gasteiger partial charge in [0.1, 0.15) is 0 Å². The Bertz CT molecular complexity index is 1050. The van der Waals surface area contributed by atoms with Crippen LogP contribution < -0.4 is 5.32 Å². The molecule has 2 fully saturated rings. The van der Waals surface area contributed by atoms with E-state index in [0.29, 0.717) is 0 Å². The van der Waals surface area contributed by atoms with E-state index in [9.17, 15) is 15.3 Å². The van der Waals surface area contributed by atoms with E-state index in [1.807, 2.05) is 18.2 Å². The number of carbonyl (C=O) groups is 1. The molecule has 31 heavy (non-hydrogen) atoms. The minimum absolute atomic E-state index is 0.0347. The maximum absolute atomic E-state index is 10.9. The molecule has 0 radical (unpaired) electrons. The summed E-state index contributed by atoms with van der Waals surface area (Å²) >= 11 is 0. The van der Waals surface area contributed by atoms with Gasteiger partial charge in [-0.2, -0.15) is 10.5 Å². The smallest absolute Gasteiger partial charge is 0.303 e. The molecule has 2 aliphatic heterocycles. The highest BCUT2D eigenvalue weighted by Crippen LogP contribution is 2.62. The maximum Gasteiger partial charge on any atom is 0.303 e. The second-order valence-corrected chi connectivity index (χ2v) is 8.53. The minimum atomic E-state index is -1.32. The van der Waals surface area contributed by atoms with Gasteiger partial charge in [0, 0.05) is 37.3 Å². The average Bonchev–Trinajstić information content (AvgIpc) is 3.28. The van der Waals surface area contributed by atoms with Crippen LogP contribution >= 0.6 is 0 Å². The highest BCUT2D eigenvalue weighted by molar-refractivity contribution is 5.66. The first-order chi connectivity index (χ1) is 15.0. The van der Waals surface area contributed by atoms with E-state index < -0.39 is 11.4 Å². The van der Waals surface area contributed by atoms with E-state index in [1.165, 1.54) is 18.1 Å². The lowest BCUT2D eigenvalue weighted by molar-refractivity contribution is -0.139. The second kappa shape index (κ2) is 8.43. The van der Waals surface area contributed by atoms with Gasteiger partial charge in [0.05, 0.1) is 12.1 Å². The molecule has 2 heterocycles. The lowest BCUT2D eigenvalue weighted by Gasteiger charge is -2.36. The monoisotopic (exact) mass is 411 g/mol. The van der Waals surface area contributed by atoms with Crippen molar-refractivity contribution < 1.29 is 9.53 Å². The number of nitrogens with one attached hydrogen (secondary N) is 1. The standard InChI is InChI=1S/C26H25N3O2/c1-17-23(19-8-4-3-5-9-19)24(17)25-21(14-20-10-11-22(25)29-20)26(15-27,16-28)12-6-7-13-31-18(2)30/h3-5,8-9,14,20,22-25,29H,1,10-13H2,2H3/t20-,22+,23?,24?,25-/m1/s1. The number of hydrogen-bond acceptors (Lipinski definition) is 5. The summed E-state index contributed by atoms with van der Waals surface area (Å²) < 4.78 is 4.85. The summed E-state index contributed by atoms with van der Waals surface area (Å²) in [6, 6.07) is 15.3. The van der Waals surface area contributed by atoms with E-state index in [4.69, 9.17) is 4.74 Å². The Morgan fingerprint density at radius 1 is 1.19 bits per heavy atom. The third-order valence-electron chi connectivity index (χ3n) is 6.71. The molecule has 0 aromatic heterocycles. The first-order valence-corrected chi connectivity index (χ1v) is 10.6. The lowest BCUT2D eigenvalue weighted by atomic mass is 9.68. The Labute approximate surface area is 183 Å². The largest absolute Gasteiger partial charge is 0.453 e. The van der Waals surface area contributed by atoms with Crippen molar-refractivity contribution in [1.29, 1.82) is 10.5 Å². The molecule has 1 saturated carbocycles.